The Kier molecular flexibility index (Phi) is 3.80. The number of halogens is 4. The highest BCUT2D eigenvalue weighted by Crippen LogP contribution is 2.28. The average Bonchev–Trinajstić information content (AvgIpc) is 2.03. The van der Waals surface area contributed by atoms with E-state index < -0.39 is 11.7 Å². The van der Waals surface area contributed by atoms with E-state index in [1.807, 2.05) is 0 Å². The van der Waals surface area contributed by atoms with Crippen molar-refractivity contribution in [1.82, 2.24) is 4.98 Å². The lowest BCUT2D eigenvalue weighted by atomic mass is 10.3. The molecule has 1 heterocycles. The third-order valence-electron chi connectivity index (χ3n) is 1.19. The van der Waals surface area contributed by atoms with Crippen molar-refractivity contribution in [2.45, 2.75) is 6.18 Å². The van der Waals surface area contributed by atoms with Crippen LogP contribution in [0.25, 0.3) is 0 Å². The van der Waals surface area contributed by atoms with Gasteiger partial charge in [-0.1, -0.05) is 0 Å². The van der Waals surface area contributed by atoms with Crippen LogP contribution in [0.2, 0.25) is 0 Å². The van der Waals surface area contributed by atoms with Gasteiger partial charge >= 0.3 is 6.18 Å². The molecule has 3 nitrogen and oxygen atoms in total. The molecule has 0 saturated heterocycles. The summed E-state index contributed by atoms with van der Waals surface area (Å²) in [7, 11) is 0. The lowest BCUT2D eigenvalue weighted by Gasteiger charge is -2.04. The number of hydrogen-bond donors (Lipinski definition) is 1. The van der Waals surface area contributed by atoms with Crippen molar-refractivity contribution < 1.29 is 13.2 Å². The number of aromatic nitrogens is 1. The normalized spacial score (nSPS) is 10.4. The molecular weight excluding hydrogens is 207 g/mol. The van der Waals surface area contributed by atoms with Crippen LogP contribution in [0.15, 0.2) is 23.4 Å². The number of rotatable bonds is 1. The quantitative estimate of drug-likeness (QED) is 0.713. The number of nitrogens with zero attached hydrogens (tertiary/aromatic N) is 2. The highest BCUT2D eigenvalue weighted by Gasteiger charge is 2.30. The van der Waals surface area contributed by atoms with E-state index in [1.54, 1.807) is 0 Å². The summed E-state index contributed by atoms with van der Waals surface area (Å²) in [6.07, 6.45) is -3.74. The van der Waals surface area contributed by atoms with Gasteiger partial charge in [-0.3, -0.25) is 0 Å². The van der Waals surface area contributed by atoms with E-state index in [4.69, 9.17) is 5.53 Å². The van der Waals surface area contributed by atoms with Crippen molar-refractivity contribution in [3.63, 3.8) is 0 Å². The summed E-state index contributed by atoms with van der Waals surface area (Å²) in [5.74, 6) is -0.0389. The molecule has 7 heteroatoms. The first-order chi connectivity index (χ1) is 5.54. The van der Waals surface area contributed by atoms with E-state index in [2.05, 4.69) is 10.1 Å². The monoisotopic (exact) mass is 211 g/mol. The molecular formula is C6H5ClF3N3. The molecule has 0 unspecified atom stereocenters. The molecule has 0 bridgehead atoms. The average molecular weight is 212 g/mol. The van der Waals surface area contributed by atoms with Gasteiger partial charge < -0.3 is 0 Å². The van der Waals surface area contributed by atoms with Crippen LogP contribution < -0.4 is 0 Å². The molecule has 0 aromatic carbocycles. The topological polar surface area (TPSA) is 49.1 Å². The molecule has 1 N–H and O–H groups in total. The minimum absolute atomic E-state index is 0. The summed E-state index contributed by atoms with van der Waals surface area (Å²) in [5, 5.41) is 2.87. The summed E-state index contributed by atoms with van der Waals surface area (Å²) in [6, 6.07) is 1.87. The summed E-state index contributed by atoms with van der Waals surface area (Å²) >= 11 is 0. The zero-order chi connectivity index (χ0) is 9.19. The van der Waals surface area contributed by atoms with Gasteiger partial charge in [-0.25, -0.2) is 10.5 Å². The van der Waals surface area contributed by atoms with Crippen molar-refractivity contribution >= 4 is 18.2 Å². The molecule has 0 spiro atoms. The molecule has 0 amide bonds. The number of pyridine rings is 1. The van der Waals surface area contributed by atoms with E-state index in [0.717, 1.165) is 12.1 Å². The first-order valence-electron chi connectivity index (χ1n) is 2.95. The maximum Gasteiger partial charge on any atom is 0.417 e. The highest BCUT2D eigenvalue weighted by molar-refractivity contribution is 5.85. The van der Waals surface area contributed by atoms with Gasteiger partial charge in [0, 0.05) is 6.20 Å². The predicted molar refractivity (Wildman–Crippen MR) is 41.3 cm³/mol. The zero-order valence-corrected chi connectivity index (χ0v) is 6.99. The van der Waals surface area contributed by atoms with Crippen LogP contribution >= 0.6 is 12.4 Å². The molecule has 1 aromatic heterocycles. The van der Waals surface area contributed by atoms with Crippen LogP contribution in [0, 0.1) is 5.53 Å². The van der Waals surface area contributed by atoms with Gasteiger partial charge in [0.1, 0.15) is 0 Å². The van der Waals surface area contributed by atoms with Gasteiger partial charge in [-0.05, 0) is 12.1 Å². The number of alkyl halides is 3. The molecule has 0 aliphatic rings. The number of nitrogens with one attached hydrogen (secondary N) is 1. The first kappa shape index (κ1) is 11.8. The van der Waals surface area contributed by atoms with E-state index in [1.165, 1.54) is 0 Å². The lowest BCUT2D eigenvalue weighted by Crippen LogP contribution is -2.04. The van der Waals surface area contributed by atoms with Crippen molar-refractivity contribution in [3.05, 3.63) is 23.9 Å². The van der Waals surface area contributed by atoms with Crippen molar-refractivity contribution in [3.8, 4) is 0 Å². The second-order valence-corrected chi connectivity index (χ2v) is 2.01. The van der Waals surface area contributed by atoms with E-state index in [9.17, 15) is 13.2 Å². The van der Waals surface area contributed by atoms with Crippen molar-refractivity contribution in [1.29, 1.82) is 5.53 Å². The minimum atomic E-state index is -4.38. The Morgan fingerprint density at radius 3 is 2.23 bits per heavy atom. The molecule has 0 radical (unpaired) electrons. The molecule has 72 valence electrons. The van der Waals surface area contributed by atoms with Crippen LogP contribution in [0.3, 0.4) is 0 Å². The summed E-state index contributed by atoms with van der Waals surface area (Å²) in [6.45, 7) is 0. The summed E-state index contributed by atoms with van der Waals surface area (Å²) in [5.41, 5.74) is 5.61. The van der Waals surface area contributed by atoms with E-state index in [-0.39, 0.29) is 18.2 Å². The highest BCUT2D eigenvalue weighted by atomic mass is 35.5. The first-order valence-corrected chi connectivity index (χ1v) is 2.95. The van der Waals surface area contributed by atoms with Crippen molar-refractivity contribution in [2.24, 2.45) is 5.11 Å². The molecule has 0 aliphatic carbocycles. The van der Waals surface area contributed by atoms with Crippen LogP contribution in [0.5, 0.6) is 0 Å². The fourth-order valence-electron chi connectivity index (χ4n) is 0.620. The Bertz CT molecular complexity index is 282. The molecule has 0 fully saturated rings. The molecule has 0 atom stereocenters. The molecule has 1 rings (SSSR count). The molecule has 1 aromatic rings. The second kappa shape index (κ2) is 4.18. The van der Waals surface area contributed by atoms with Gasteiger partial charge in [-0.2, -0.15) is 13.2 Å². The summed E-state index contributed by atoms with van der Waals surface area (Å²) < 4.78 is 35.7. The van der Waals surface area contributed by atoms with Gasteiger partial charge in [0.15, 0.2) is 5.82 Å². The van der Waals surface area contributed by atoms with Crippen LogP contribution in [0.1, 0.15) is 5.56 Å². The molecule has 0 saturated carbocycles. The van der Waals surface area contributed by atoms with Crippen LogP contribution in [-0.4, -0.2) is 4.98 Å². The summed E-state index contributed by atoms with van der Waals surface area (Å²) in [4.78, 5) is 3.29. The van der Waals surface area contributed by atoms with Gasteiger partial charge in [0.05, 0.1) is 5.56 Å². The van der Waals surface area contributed by atoms with E-state index >= 15 is 0 Å². The van der Waals surface area contributed by atoms with Gasteiger partial charge in [0.25, 0.3) is 0 Å². The standard InChI is InChI=1S/C6H4F3N3.ClH/c7-6(8,9)4-1-2-5(12-10)11-3-4;/h1-3,10H;1H. The largest absolute Gasteiger partial charge is 0.417 e. The number of hydrogen-bond acceptors (Lipinski definition) is 3. The molecule has 0 aliphatic heterocycles. The van der Waals surface area contributed by atoms with Crippen LogP contribution in [-0.2, 0) is 6.18 Å². The smallest absolute Gasteiger partial charge is 0.235 e. The predicted octanol–water partition coefficient (Wildman–Crippen LogP) is 3.18. The Labute approximate surface area is 77.9 Å². The third-order valence-corrected chi connectivity index (χ3v) is 1.19. The zero-order valence-electron chi connectivity index (χ0n) is 6.17. The Morgan fingerprint density at radius 1 is 1.31 bits per heavy atom. The Morgan fingerprint density at radius 2 is 1.92 bits per heavy atom. The maximum atomic E-state index is 11.9. The SMILES string of the molecule is Cl.N=Nc1ccc(C(F)(F)F)cn1. The lowest BCUT2D eigenvalue weighted by molar-refractivity contribution is -0.137. The van der Waals surface area contributed by atoms with Crippen molar-refractivity contribution in [2.75, 3.05) is 0 Å². The van der Waals surface area contributed by atoms with Crippen LogP contribution in [0.4, 0.5) is 19.0 Å². The Balaban J connectivity index is 0.00000144. The maximum absolute atomic E-state index is 11.9. The second-order valence-electron chi connectivity index (χ2n) is 2.01. The van der Waals surface area contributed by atoms with Gasteiger partial charge in [-0.15, -0.1) is 17.5 Å². The molecule has 13 heavy (non-hydrogen) atoms. The van der Waals surface area contributed by atoms with E-state index in [0.29, 0.717) is 6.20 Å². The fourth-order valence-corrected chi connectivity index (χ4v) is 0.620. The fraction of sp³-hybridized carbons (Fsp3) is 0.167. The Hall–Kier alpha value is -1.17. The minimum Gasteiger partial charge on any atom is -0.235 e. The van der Waals surface area contributed by atoms with Gasteiger partial charge in [0.2, 0.25) is 0 Å². The third kappa shape index (κ3) is 2.98.